The second-order valence-corrected chi connectivity index (χ2v) is 7.57. The molecule has 0 aliphatic heterocycles. The van der Waals surface area contributed by atoms with E-state index in [1.54, 1.807) is 0 Å². The first-order valence-corrected chi connectivity index (χ1v) is 9.89. The number of aliphatic hydroxyl groups excluding tert-OH is 1. The number of aliphatic hydroxyl groups is 1. The summed E-state index contributed by atoms with van der Waals surface area (Å²) in [4.78, 5) is 12.9. The van der Waals surface area contributed by atoms with Crippen molar-refractivity contribution in [2.24, 2.45) is 5.92 Å². The first-order chi connectivity index (χ1) is 12.5. The molecule has 27 heavy (non-hydrogen) atoms. The zero-order valence-electron chi connectivity index (χ0n) is 16.8. The third kappa shape index (κ3) is 6.74. The van der Waals surface area contributed by atoms with Gasteiger partial charge in [-0.15, -0.1) is 0 Å². The van der Waals surface area contributed by atoms with Gasteiger partial charge in [0.15, 0.2) is 0 Å². The molecular weight excluding hydrogens is 406 g/mol. The highest BCUT2D eigenvalue weighted by Gasteiger charge is 2.35. The topological polar surface area (TPSA) is 46.5 Å². The number of benzene rings is 1. The van der Waals surface area contributed by atoms with E-state index in [0.29, 0.717) is 6.61 Å². The van der Waals surface area contributed by atoms with Crippen LogP contribution in [0.1, 0.15) is 44.6 Å². The van der Waals surface area contributed by atoms with Gasteiger partial charge in [-0.05, 0) is 44.6 Å². The van der Waals surface area contributed by atoms with Gasteiger partial charge >= 0.3 is 5.97 Å². The number of likely N-dealkylation sites (N-methyl/N-ethyl adjacent to an activating group) is 1. The fourth-order valence-electron chi connectivity index (χ4n) is 3.53. The molecule has 0 heterocycles. The van der Waals surface area contributed by atoms with Gasteiger partial charge < -0.3 is 31.3 Å². The molecule has 0 aromatic heterocycles. The molecule has 1 N–H and O–H groups in total. The number of allylic oxidation sites excluding steroid dienone is 2. The van der Waals surface area contributed by atoms with Gasteiger partial charge in [0.2, 0.25) is 0 Å². The lowest BCUT2D eigenvalue weighted by molar-refractivity contribution is -0.906. The normalized spacial score (nSPS) is 19.0. The number of ether oxygens (including phenoxy) is 1. The van der Waals surface area contributed by atoms with Crippen LogP contribution in [0.4, 0.5) is 0 Å². The van der Waals surface area contributed by atoms with Gasteiger partial charge in [0.25, 0.3) is 0 Å². The third-order valence-corrected chi connectivity index (χ3v) is 5.95. The van der Waals surface area contributed by atoms with Crippen LogP contribution in [-0.2, 0) is 9.53 Å². The van der Waals surface area contributed by atoms with Crippen LogP contribution < -0.4 is 17.0 Å². The molecule has 0 amide bonds. The SMILES string of the molecule is CC[N+](C)(CC)CCOC(=O)C(c1ccccc1)C(O)C1CC=CCC1.[Br-]. The first-order valence-electron chi connectivity index (χ1n) is 9.89. The largest absolute Gasteiger partial charge is 1.00 e. The Hall–Kier alpha value is -1.17. The minimum atomic E-state index is -0.715. The molecule has 5 heteroatoms. The number of quaternary nitrogens is 1. The molecule has 1 aliphatic rings. The van der Waals surface area contributed by atoms with Crippen molar-refractivity contribution in [1.82, 2.24) is 0 Å². The summed E-state index contributed by atoms with van der Waals surface area (Å²) >= 11 is 0. The average Bonchev–Trinajstić information content (AvgIpc) is 2.69. The van der Waals surface area contributed by atoms with E-state index in [2.05, 4.69) is 33.0 Å². The lowest BCUT2D eigenvalue weighted by atomic mass is 9.80. The Balaban J connectivity index is 0.00000364. The maximum absolute atomic E-state index is 12.9. The molecule has 4 nitrogen and oxygen atoms in total. The molecule has 0 saturated heterocycles. The van der Waals surface area contributed by atoms with Crippen LogP contribution in [0.3, 0.4) is 0 Å². The number of hydrogen-bond donors (Lipinski definition) is 1. The zero-order valence-corrected chi connectivity index (χ0v) is 18.4. The van der Waals surface area contributed by atoms with Crippen molar-refractivity contribution in [2.75, 3.05) is 33.3 Å². The maximum atomic E-state index is 12.9. The molecule has 1 aromatic rings. The quantitative estimate of drug-likeness (QED) is 0.346. The van der Waals surface area contributed by atoms with Crippen LogP contribution >= 0.6 is 0 Å². The molecule has 0 spiro atoms. The molecule has 1 aromatic carbocycles. The molecule has 0 radical (unpaired) electrons. The second kappa shape index (κ2) is 11.6. The molecule has 0 bridgehead atoms. The number of carbonyl (C=O) groups excluding carboxylic acids is 1. The van der Waals surface area contributed by atoms with E-state index in [4.69, 9.17) is 4.74 Å². The summed E-state index contributed by atoms with van der Waals surface area (Å²) in [6.07, 6.45) is 6.23. The van der Waals surface area contributed by atoms with Gasteiger partial charge in [0, 0.05) is 0 Å². The van der Waals surface area contributed by atoms with E-state index in [1.165, 1.54) is 0 Å². The Morgan fingerprint density at radius 3 is 2.44 bits per heavy atom. The van der Waals surface area contributed by atoms with Gasteiger partial charge in [-0.25, -0.2) is 0 Å². The number of esters is 1. The van der Waals surface area contributed by atoms with E-state index >= 15 is 0 Å². The van der Waals surface area contributed by atoms with E-state index < -0.39 is 12.0 Å². The number of carbonyl (C=O) groups is 1. The summed E-state index contributed by atoms with van der Waals surface area (Å²) in [5, 5.41) is 11.0. The Morgan fingerprint density at radius 2 is 1.89 bits per heavy atom. The molecular formula is C22H34BrNO3. The highest BCUT2D eigenvalue weighted by molar-refractivity contribution is 5.79. The monoisotopic (exact) mass is 439 g/mol. The molecule has 152 valence electrons. The Bertz CT molecular complexity index is 586. The number of nitrogens with zero attached hydrogens (tertiary/aromatic N) is 1. The van der Waals surface area contributed by atoms with Crippen molar-refractivity contribution in [2.45, 2.75) is 45.1 Å². The summed E-state index contributed by atoms with van der Waals surface area (Å²) in [7, 11) is 2.17. The second-order valence-electron chi connectivity index (χ2n) is 7.57. The molecule has 3 atom stereocenters. The number of rotatable bonds is 9. The van der Waals surface area contributed by atoms with E-state index in [9.17, 15) is 9.90 Å². The fraction of sp³-hybridized carbons (Fsp3) is 0.591. The van der Waals surface area contributed by atoms with Crippen molar-refractivity contribution in [3.63, 3.8) is 0 Å². The van der Waals surface area contributed by atoms with Gasteiger partial charge in [0.1, 0.15) is 19.1 Å². The van der Waals surface area contributed by atoms with Gasteiger partial charge in [-0.3, -0.25) is 4.79 Å². The first kappa shape index (κ1) is 23.9. The summed E-state index contributed by atoms with van der Waals surface area (Å²) in [6.45, 7) is 7.50. The number of hydrogen-bond acceptors (Lipinski definition) is 3. The fourth-order valence-corrected chi connectivity index (χ4v) is 3.53. The van der Waals surface area contributed by atoms with Gasteiger partial charge in [-0.1, -0.05) is 42.5 Å². The van der Waals surface area contributed by atoms with Crippen LogP contribution in [0.2, 0.25) is 0 Å². The highest BCUT2D eigenvalue weighted by Crippen LogP contribution is 2.32. The van der Waals surface area contributed by atoms with Crippen LogP contribution in [-0.4, -0.2) is 55.0 Å². The van der Waals surface area contributed by atoms with Gasteiger partial charge in [0.05, 0.1) is 26.2 Å². The summed E-state index contributed by atoms with van der Waals surface area (Å²) in [5.74, 6) is -0.822. The minimum Gasteiger partial charge on any atom is -1.00 e. The van der Waals surface area contributed by atoms with E-state index in [1.807, 2.05) is 30.3 Å². The zero-order chi connectivity index (χ0) is 19.0. The van der Waals surface area contributed by atoms with Crippen LogP contribution in [0.5, 0.6) is 0 Å². The smallest absolute Gasteiger partial charge is 0.316 e. The standard InChI is InChI=1S/C22H34NO3.BrH/c1-4-23(3,5-2)16-17-26-22(25)20(18-12-8-6-9-13-18)21(24)19-14-10-7-11-15-19;/h6-10,12-13,19-21,24H,4-5,11,14-17H2,1-3H3;1H/q+1;/p-1. The van der Waals surface area contributed by atoms with Crippen molar-refractivity contribution >= 4 is 5.97 Å². The van der Waals surface area contributed by atoms with Crippen molar-refractivity contribution in [3.8, 4) is 0 Å². The maximum Gasteiger partial charge on any atom is 0.316 e. The number of halogens is 1. The van der Waals surface area contributed by atoms with E-state index in [0.717, 1.165) is 48.9 Å². The van der Waals surface area contributed by atoms with Crippen molar-refractivity contribution in [1.29, 1.82) is 0 Å². The van der Waals surface area contributed by atoms with Crippen LogP contribution in [0, 0.1) is 5.92 Å². The lowest BCUT2D eigenvalue weighted by Crippen LogP contribution is -3.00. The minimum absolute atomic E-state index is 0. The van der Waals surface area contributed by atoms with Crippen LogP contribution in [0.15, 0.2) is 42.5 Å². The van der Waals surface area contributed by atoms with E-state index in [-0.39, 0.29) is 28.9 Å². The molecule has 3 unspecified atom stereocenters. The predicted molar refractivity (Wildman–Crippen MR) is 105 cm³/mol. The molecule has 1 aliphatic carbocycles. The van der Waals surface area contributed by atoms with Crippen molar-refractivity contribution in [3.05, 3.63) is 48.0 Å². The Kier molecular flexibility index (Phi) is 10.3. The van der Waals surface area contributed by atoms with Crippen molar-refractivity contribution < 1.29 is 36.1 Å². The van der Waals surface area contributed by atoms with Gasteiger partial charge in [-0.2, -0.15) is 0 Å². The molecule has 0 saturated carbocycles. The third-order valence-electron chi connectivity index (χ3n) is 5.95. The summed E-state index contributed by atoms with van der Waals surface area (Å²) < 4.78 is 6.51. The lowest BCUT2D eigenvalue weighted by Gasteiger charge is -2.33. The predicted octanol–water partition coefficient (Wildman–Crippen LogP) is 0.521. The molecule has 0 fully saturated rings. The highest BCUT2D eigenvalue weighted by atomic mass is 79.9. The molecule has 2 rings (SSSR count). The Labute approximate surface area is 174 Å². The Morgan fingerprint density at radius 1 is 1.22 bits per heavy atom. The summed E-state index contributed by atoms with van der Waals surface area (Å²) in [6, 6.07) is 9.56. The average molecular weight is 440 g/mol. The summed E-state index contributed by atoms with van der Waals surface area (Å²) in [5.41, 5.74) is 0.836. The van der Waals surface area contributed by atoms with Crippen LogP contribution in [0.25, 0.3) is 0 Å².